The molecule has 1 N–H and O–H groups in total. The molecule has 0 aromatic carbocycles. The van der Waals surface area contributed by atoms with Crippen LogP contribution >= 0.6 is 23.2 Å². The molecule has 2 heterocycles. The van der Waals surface area contributed by atoms with E-state index in [9.17, 15) is 9.59 Å². The molecule has 108 valence electrons. The highest BCUT2D eigenvalue weighted by molar-refractivity contribution is 6.33. The SMILES string of the molecule is CC(=O)NC1CCN(C(=O)c2cc(Cl)nc(Cl)c2)CC1. The van der Waals surface area contributed by atoms with Gasteiger partial charge in [0.05, 0.1) is 0 Å². The van der Waals surface area contributed by atoms with E-state index in [-0.39, 0.29) is 28.2 Å². The second-order valence-corrected chi connectivity index (χ2v) is 5.54. The molecule has 1 aromatic rings. The van der Waals surface area contributed by atoms with Gasteiger partial charge in [-0.2, -0.15) is 0 Å². The Hall–Kier alpha value is -1.33. The van der Waals surface area contributed by atoms with E-state index >= 15 is 0 Å². The molecule has 20 heavy (non-hydrogen) atoms. The Balaban J connectivity index is 1.99. The topological polar surface area (TPSA) is 62.3 Å². The first kappa shape index (κ1) is 15.1. The number of pyridine rings is 1. The molecule has 0 unspecified atom stereocenters. The maximum absolute atomic E-state index is 12.3. The summed E-state index contributed by atoms with van der Waals surface area (Å²) in [6.07, 6.45) is 1.50. The van der Waals surface area contributed by atoms with Crippen molar-refractivity contribution in [2.24, 2.45) is 0 Å². The number of nitrogens with one attached hydrogen (secondary N) is 1. The van der Waals surface area contributed by atoms with Gasteiger partial charge in [0.1, 0.15) is 10.3 Å². The number of aromatic nitrogens is 1. The maximum atomic E-state index is 12.3. The number of hydrogen-bond donors (Lipinski definition) is 1. The first-order valence-corrected chi connectivity index (χ1v) is 7.11. The van der Waals surface area contributed by atoms with E-state index in [0.717, 1.165) is 12.8 Å². The fourth-order valence-corrected chi connectivity index (χ4v) is 2.75. The highest BCUT2D eigenvalue weighted by Gasteiger charge is 2.24. The van der Waals surface area contributed by atoms with Gasteiger partial charge in [-0.1, -0.05) is 23.2 Å². The molecule has 0 radical (unpaired) electrons. The maximum Gasteiger partial charge on any atom is 0.254 e. The van der Waals surface area contributed by atoms with Crippen molar-refractivity contribution < 1.29 is 9.59 Å². The van der Waals surface area contributed by atoms with Gasteiger partial charge in [0, 0.05) is 31.6 Å². The molecule has 2 amide bonds. The molecule has 2 rings (SSSR count). The number of amides is 2. The highest BCUT2D eigenvalue weighted by atomic mass is 35.5. The molecular weight excluding hydrogens is 301 g/mol. The van der Waals surface area contributed by atoms with Gasteiger partial charge in [-0.25, -0.2) is 4.98 Å². The molecule has 0 spiro atoms. The smallest absolute Gasteiger partial charge is 0.254 e. The molecule has 0 bridgehead atoms. The van der Waals surface area contributed by atoms with Gasteiger partial charge in [0.25, 0.3) is 5.91 Å². The van der Waals surface area contributed by atoms with Crippen LogP contribution < -0.4 is 5.32 Å². The molecule has 1 saturated heterocycles. The number of likely N-dealkylation sites (tertiary alicyclic amines) is 1. The van der Waals surface area contributed by atoms with Crippen LogP contribution in [0.2, 0.25) is 10.3 Å². The molecule has 1 aliphatic heterocycles. The van der Waals surface area contributed by atoms with Crippen molar-refractivity contribution in [2.45, 2.75) is 25.8 Å². The van der Waals surface area contributed by atoms with Crippen molar-refractivity contribution in [1.29, 1.82) is 0 Å². The van der Waals surface area contributed by atoms with Gasteiger partial charge >= 0.3 is 0 Å². The molecule has 5 nitrogen and oxygen atoms in total. The summed E-state index contributed by atoms with van der Waals surface area (Å²) in [4.78, 5) is 28.9. The minimum Gasteiger partial charge on any atom is -0.353 e. The highest BCUT2D eigenvalue weighted by Crippen LogP contribution is 2.18. The van der Waals surface area contributed by atoms with E-state index in [1.165, 1.54) is 19.1 Å². The third kappa shape index (κ3) is 3.84. The van der Waals surface area contributed by atoms with Crippen LogP contribution in [0.5, 0.6) is 0 Å². The average molecular weight is 316 g/mol. The Labute approximate surface area is 127 Å². The number of hydrogen-bond acceptors (Lipinski definition) is 3. The number of halogens is 2. The van der Waals surface area contributed by atoms with E-state index in [1.54, 1.807) is 4.90 Å². The monoisotopic (exact) mass is 315 g/mol. The van der Waals surface area contributed by atoms with Crippen LogP contribution in [0.25, 0.3) is 0 Å². The second kappa shape index (κ2) is 6.41. The van der Waals surface area contributed by atoms with Gasteiger partial charge in [0.15, 0.2) is 0 Å². The third-order valence-corrected chi connectivity index (χ3v) is 3.59. The number of piperidine rings is 1. The van der Waals surface area contributed by atoms with Gasteiger partial charge in [-0.05, 0) is 25.0 Å². The largest absolute Gasteiger partial charge is 0.353 e. The molecule has 1 aliphatic rings. The standard InChI is InChI=1S/C13H15Cl2N3O2/c1-8(19)16-10-2-4-18(5-3-10)13(20)9-6-11(14)17-12(15)7-9/h6-7,10H,2-5H2,1H3,(H,16,19). The van der Waals surface area contributed by atoms with E-state index in [2.05, 4.69) is 10.3 Å². The zero-order chi connectivity index (χ0) is 14.7. The Morgan fingerprint density at radius 1 is 1.25 bits per heavy atom. The van der Waals surface area contributed by atoms with Gasteiger partial charge in [-0.3, -0.25) is 9.59 Å². The summed E-state index contributed by atoms with van der Waals surface area (Å²) in [5.41, 5.74) is 0.438. The lowest BCUT2D eigenvalue weighted by molar-refractivity contribution is -0.119. The minimum absolute atomic E-state index is 0.0394. The lowest BCUT2D eigenvalue weighted by atomic mass is 10.0. The summed E-state index contributed by atoms with van der Waals surface area (Å²) in [6, 6.07) is 3.16. The van der Waals surface area contributed by atoms with Gasteiger partial charge < -0.3 is 10.2 Å². The predicted octanol–water partition coefficient (Wildman–Crippen LogP) is 2.13. The van der Waals surface area contributed by atoms with E-state index < -0.39 is 0 Å². The molecular formula is C13H15Cl2N3O2. The van der Waals surface area contributed by atoms with Crippen LogP contribution in [0.1, 0.15) is 30.1 Å². The van der Waals surface area contributed by atoms with Crippen molar-refractivity contribution in [3.8, 4) is 0 Å². The Bertz CT molecular complexity index is 508. The number of carbonyl (C=O) groups is 2. The quantitative estimate of drug-likeness (QED) is 0.850. The zero-order valence-corrected chi connectivity index (χ0v) is 12.5. The summed E-state index contributed by atoms with van der Waals surface area (Å²) >= 11 is 11.6. The molecule has 1 aromatic heterocycles. The van der Waals surface area contributed by atoms with E-state index in [0.29, 0.717) is 18.7 Å². The van der Waals surface area contributed by atoms with Crippen LogP contribution in [0.15, 0.2) is 12.1 Å². The van der Waals surface area contributed by atoms with E-state index in [4.69, 9.17) is 23.2 Å². The molecule has 7 heteroatoms. The lowest BCUT2D eigenvalue weighted by Crippen LogP contribution is -2.46. The second-order valence-electron chi connectivity index (χ2n) is 4.77. The Morgan fingerprint density at radius 2 is 1.80 bits per heavy atom. The molecule has 0 aliphatic carbocycles. The third-order valence-electron chi connectivity index (χ3n) is 3.20. The van der Waals surface area contributed by atoms with Gasteiger partial charge in [-0.15, -0.1) is 0 Å². The van der Waals surface area contributed by atoms with Crippen molar-refractivity contribution >= 4 is 35.0 Å². The predicted molar refractivity (Wildman–Crippen MR) is 77.0 cm³/mol. The number of carbonyl (C=O) groups excluding carboxylic acids is 2. The van der Waals surface area contributed by atoms with Crippen LogP contribution in [0, 0.1) is 0 Å². The Kier molecular flexibility index (Phi) is 4.83. The lowest BCUT2D eigenvalue weighted by Gasteiger charge is -2.32. The fourth-order valence-electron chi connectivity index (χ4n) is 2.29. The summed E-state index contributed by atoms with van der Waals surface area (Å²) < 4.78 is 0. The van der Waals surface area contributed by atoms with Gasteiger partial charge in [0.2, 0.25) is 5.91 Å². The molecule has 0 saturated carbocycles. The van der Waals surface area contributed by atoms with Crippen LogP contribution in [-0.4, -0.2) is 40.8 Å². The van der Waals surface area contributed by atoms with Crippen molar-refractivity contribution in [3.63, 3.8) is 0 Å². The van der Waals surface area contributed by atoms with Crippen LogP contribution in [-0.2, 0) is 4.79 Å². The summed E-state index contributed by atoms with van der Waals surface area (Å²) in [7, 11) is 0. The summed E-state index contributed by atoms with van der Waals surface area (Å²) in [5, 5.41) is 3.28. The summed E-state index contributed by atoms with van der Waals surface area (Å²) in [6.45, 7) is 2.70. The van der Waals surface area contributed by atoms with Crippen LogP contribution in [0.3, 0.4) is 0 Å². The number of nitrogens with zero attached hydrogens (tertiary/aromatic N) is 2. The minimum atomic E-state index is -0.113. The summed E-state index contributed by atoms with van der Waals surface area (Å²) in [5.74, 6) is -0.153. The van der Waals surface area contributed by atoms with Crippen molar-refractivity contribution in [2.75, 3.05) is 13.1 Å². The number of rotatable bonds is 2. The first-order valence-electron chi connectivity index (χ1n) is 6.35. The van der Waals surface area contributed by atoms with Crippen molar-refractivity contribution in [3.05, 3.63) is 28.0 Å². The first-order chi connectivity index (χ1) is 9.45. The van der Waals surface area contributed by atoms with Crippen LogP contribution in [0.4, 0.5) is 0 Å². The Morgan fingerprint density at radius 3 is 2.30 bits per heavy atom. The molecule has 1 fully saturated rings. The molecule has 0 atom stereocenters. The fraction of sp³-hybridized carbons (Fsp3) is 0.462. The average Bonchev–Trinajstić information content (AvgIpc) is 2.37. The van der Waals surface area contributed by atoms with Crippen molar-refractivity contribution in [1.82, 2.24) is 15.2 Å². The normalized spacial score (nSPS) is 16.1. The zero-order valence-electron chi connectivity index (χ0n) is 11.0. The van der Waals surface area contributed by atoms with E-state index in [1.807, 2.05) is 0 Å².